The third kappa shape index (κ3) is 2.60. The molecule has 0 heterocycles. The minimum Gasteiger partial charge on any atom is -0.355 e. The van der Waals surface area contributed by atoms with Gasteiger partial charge in [0.15, 0.2) is 0 Å². The van der Waals surface area contributed by atoms with Crippen molar-refractivity contribution in [3.05, 3.63) is 0 Å². The van der Waals surface area contributed by atoms with E-state index in [4.69, 9.17) is 0 Å². The number of amides is 1. The van der Waals surface area contributed by atoms with E-state index in [-0.39, 0.29) is 23.6 Å². The monoisotopic (exact) mass is 300 g/mol. The predicted octanol–water partition coefficient (Wildman–Crippen LogP) is 0.868. The largest absolute Gasteiger partial charge is 0.355 e. The van der Waals surface area contributed by atoms with Crippen molar-refractivity contribution in [2.24, 2.45) is 23.2 Å². The molecule has 4 aliphatic rings. The van der Waals surface area contributed by atoms with Gasteiger partial charge in [-0.15, -0.1) is 0 Å². The molecule has 4 fully saturated rings. The molecule has 0 aromatic rings. The first-order valence-electron chi connectivity index (χ1n) is 7.62. The number of rotatable bonds is 5. The number of nitrogens with one attached hydrogen (secondary N) is 2. The van der Waals surface area contributed by atoms with Gasteiger partial charge in [-0.3, -0.25) is 4.79 Å². The van der Waals surface area contributed by atoms with Gasteiger partial charge in [0, 0.05) is 12.0 Å². The number of carbonyl (C=O) groups is 1. The smallest absolute Gasteiger partial charge is 0.226 e. The zero-order chi connectivity index (χ0) is 14.4. The zero-order valence-electron chi connectivity index (χ0n) is 12.0. The van der Waals surface area contributed by atoms with Gasteiger partial charge >= 0.3 is 0 Å². The van der Waals surface area contributed by atoms with Crippen LogP contribution in [0.2, 0.25) is 0 Å². The van der Waals surface area contributed by atoms with Crippen molar-refractivity contribution in [3.63, 3.8) is 0 Å². The number of carbonyl (C=O) groups excluding carboxylic acids is 1. The van der Waals surface area contributed by atoms with E-state index in [2.05, 4.69) is 10.0 Å². The lowest BCUT2D eigenvalue weighted by Gasteiger charge is -2.55. The van der Waals surface area contributed by atoms with Gasteiger partial charge in [-0.05, 0) is 63.3 Å². The Kier molecular flexibility index (Phi) is 3.57. The van der Waals surface area contributed by atoms with Crippen LogP contribution in [0.5, 0.6) is 0 Å². The molecule has 0 unspecified atom stereocenters. The highest BCUT2D eigenvalue weighted by Crippen LogP contribution is 2.60. The van der Waals surface area contributed by atoms with Crippen molar-refractivity contribution in [2.45, 2.75) is 38.5 Å². The maximum Gasteiger partial charge on any atom is 0.226 e. The molecule has 4 rings (SSSR count). The number of hydrogen-bond acceptors (Lipinski definition) is 3. The summed E-state index contributed by atoms with van der Waals surface area (Å²) in [6.45, 7) is 0.212. The van der Waals surface area contributed by atoms with Crippen LogP contribution in [0.15, 0.2) is 0 Å². The van der Waals surface area contributed by atoms with Crippen molar-refractivity contribution >= 4 is 15.9 Å². The van der Waals surface area contributed by atoms with E-state index in [9.17, 15) is 13.2 Å². The topological polar surface area (TPSA) is 75.3 Å². The fourth-order valence-electron chi connectivity index (χ4n) is 4.98. The second kappa shape index (κ2) is 4.98. The molecule has 0 aromatic carbocycles. The summed E-state index contributed by atoms with van der Waals surface area (Å²) >= 11 is 0. The number of hydrogen-bond donors (Lipinski definition) is 2. The van der Waals surface area contributed by atoms with Crippen LogP contribution in [0, 0.1) is 23.2 Å². The van der Waals surface area contributed by atoms with Crippen LogP contribution in [0.25, 0.3) is 0 Å². The second-order valence-corrected chi connectivity index (χ2v) is 9.02. The molecule has 114 valence electrons. The van der Waals surface area contributed by atoms with E-state index in [0.717, 1.165) is 37.0 Å². The Hall–Kier alpha value is -0.620. The highest BCUT2D eigenvalue weighted by Gasteiger charge is 2.54. The van der Waals surface area contributed by atoms with Crippen LogP contribution >= 0.6 is 0 Å². The first-order valence-corrected chi connectivity index (χ1v) is 9.27. The summed E-state index contributed by atoms with van der Waals surface area (Å²) in [5.74, 6) is 2.25. The zero-order valence-corrected chi connectivity index (χ0v) is 12.8. The van der Waals surface area contributed by atoms with Gasteiger partial charge in [0.2, 0.25) is 15.9 Å². The average Bonchev–Trinajstić information content (AvgIpc) is 2.37. The highest BCUT2D eigenvalue weighted by atomic mass is 32.2. The van der Waals surface area contributed by atoms with Crippen molar-refractivity contribution < 1.29 is 13.2 Å². The molecule has 0 saturated heterocycles. The molecule has 0 aromatic heterocycles. The maximum atomic E-state index is 12.5. The van der Waals surface area contributed by atoms with Gasteiger partial charge < -0.3 is 5.32 Å². The Morgan fingerprint density at radius 2 is 1.60 bits per heavy atom. The van der Waals surface area contributed by atoms with E-state index in [1.54, 1.807) is 0 Å². The molecular formula is C14H24N2O3S. The average molecular weight is 300 g/mol. The number of sulfonamides is 1. The Morgan fingerprint density at radius 1 is 1.10 bits per heavy atom. The predicted molar refractivity (Wildman–Crippen MR) is 76.5 cm³/mol. The Bertz CT molecular complexity index is 465. The van der Waals surface area contributed by atoms with E-state index in [1.165, 1.54) is 26.3 Å². The molecule has 0 atom stereocenters. The molecule has 4 aliphatic carbocycles. The first kappa shape index (κ1) is 14.3. The van der Waals surface area contributed by atoms with Crippen LogP contribution in [0.3, 0.4) is 0 Å². The van der Waals surface area contributed by atoms with Gasteiger partial charge in [0.05, 0.1) is 5.75 Å². The second-order valence-electron chi connectivity index (χ2n) is 6.98. The van der Waals surface area contributed by atoms with Crippen molar-refractivity contribution in [1.29, 1.82) is 0 Å². The van der Waals surface area contributed by atoms with Crippen LogP contribution in [-0.4, -0.2) is 33.7 Å². The van der Waals surface area contributed by atoms with Crippen LogP contribution in [0.1, 0.15) is 38.5 Å². The lowest BCUT2D eigenvalue weighted by Crippen LogP contribution is -2.54. The Morgan fingerprint density at radius 3 is 2.05 bits per heavy atom. The minimum atomic E-state index is -3.24. The lowest BCUT2D eigenvalue weighted by molar-refractivity contribution is -0.146. The summed E-state index contributed by atoms with van der Waals surface area (Å²) in [7, 11) is -1.84. The quantitative estimate of drug-likeness (QED) is 0.791. The molecule has 5 nitrogen and oxygen atoms in total. The third-order valence-corrected chi connectivity index (χ3v) is 6.85. The Labute approximate surface area is 120 Å². The standard InChI is InChI=1S/C14H24N2O3S/c1-15-20(18,19)3-2-16-13(17)14-7-10-4-11(8-14)6-12(5-10)9-14/h10-12,15H,2-9H2,1H3,(H,16,17). The molecular weight excluding hydrogens is 276 g/mol. The summed E-state index contributed by atoms with van der Waals surface area (Å²) in [5.41, 5.74) is -0.182. The molecule has 4 bridgehead atoms. The molecule has 4 saturated carbocycles. The minimum absolute atomic E-state index is 0.0401. The van der Waals surface area contributed by atoms with Crippen LogP contribution in [0.4, 0.5) is 0 Å². The van der Waals surface area contributed by atoms with Crippen molar-refractivity contribution in [3.8, 4) is 0 Å². The van der Waals surface area contributed by atoms with Gasteiger partial charge in [-0.1, -0.05) is 0 Å². The summed E-state index contributed by atoms with van der Waals surface area (Å²) in [5, 5.41) is 2.87. The molecule has 1 amide bonds. The summed E-state index contributed by atoms with van der Waals surface area (Å²) in [4.78, 5) is 12.5. The molecule has 0 radical (unpaired) electrons. The molecule has 2 N–H and O–H groups in total. The fraction of sp³-hybridized carbons (Fsp3) is 0.929. The highest BCUT2D eigenvalue weighted by molar-refractivity contribution is 7.89. The molecule has 20 heavy (non-hydrogen) atoms. The van der Waals surface area contributed by atoms with Gasteiger partial charge in [0.25, 0.3) is 0 Å². The maximum absolute atomic E-state index is 12.5. The summed E-state index contributed by atoms with van der Waals surface area (Å²) < 4.78 is 25.0. The Balaban J connectivity index is 1.60. The SMILES string of the molecule is CNS(=O)(=O)CCNC(=O)C12CC3CC(CC(C3)C1)C2. The summed E-state index contributed by atoms with van der Waals surface area (Å²) in [6, 6.07) is 0. The van der Waals surface area contributed by atoms with Gasteiger partial charge in [-0.25, -0.2) is 13.1 Å². The fourth-order valence-corrected chi connectivity index (χ4v) is 5.55. The van der Waals surface area contributed by atoms with Gasteiger partial charge in [-0.2, -0.15) is 0 Å². The van der Waals surface area contributed by atoms with Crippen molar-refractivity contribution in [1.82, 2.24) is 10.0 Å². The van der Waals surface area contributed by atoms with E-state index >= 15 is 0 Å². The third-order valence-electron chi connectivity index (χ3n) is 5.49. The molecule has 6 heteroatoms. The van der Waals surface area contributed by atoms with Crippen LogP contribution in [-0.2, 0) is 14.8 Å². The van der Waals surface area contributed by atoms with Crippen LogP contribution < -0.4 is 10.0 Å². The molecule has 0 spiro atoms. The van der Waals surface area contributed by atoms with E-state index in [1.807, 2.05) is 0 Å². The summed E-state index contributed by atoms with van der Waals surface area (Å²) in [6.07, 6.45) is 6.97. The molecule has 0 aliphatic heterocycles. The normalized spacial score (nSPS) is 39.0. The lowest BCUT2D eigenvalue weighted by atomic mass is 9.49. The van der Waals surface area contributed by atoms with E-state index < -0.39 is 10.0 Å². The van der Waals surface area contributed by atoms with E-state index in [0.29, 0.717) is 0 Å². The van der Waals surface area contributed by atoms with Crippen molar-refractivity contribution in [2.75, 3.05) is 19.3 Å². The first-order chi connectivity index (χ1) is 9.42. The van der Waals surface area contributed by atoms with Gasteiger partial charge in [0.1, 0.15) is 0 Å².